The van der Waals surface area contributed by atoms with E-state index < -0.39 is 0 Å². The Hall–Kier alpha value is -2.17. The van der Waals surface area contributed by atoms with E-state index >= 15 is 0 Å². The van der Waals surface area contributed by atoms with Crippen molar-refractivity contribution in [1.29, 1.82) is 0 Å². The van der Waals surface area contributed by atoms with Gasteiger partial charge in [-0.1, -0.05) is 43.2 Å². The van der Waals surface area contributed by atoms with Crippen molar-refractivity contribution in [1.82, 2.24) is 4.90 Å². The summed E-state index contributed by atoms with van der Waals surface area (Å²) in [5.41, 5.74) is 1.11. The SMILES string of the molecule is CC(=O)CCCCCCC(=O)OC[C@@H]1CC(=O)N(Cc2ccccc2)C1. The Kier molecular flexibility index (Phi) is 8.32. The van der Waals surface area contributed by atoms with E-state index in [0.29, 0.717) is 39.0 Å². The van der Waals surface area contributed by atoms with Crippen LogP contribution >= 0.6 is 0 Å². The lowest BCUT2D eigenvalue weighted by molar-refractivity contribution is -0.145. The molecule has 1 aromatic carbocycles. The molecule has 1 saturated heterocycles. The van der Waals surface area contributed by atoms with Gasteiger partial charge in [-0.3, -0.25) is 9.59 Å². The third-order valence-electron chi connectivity index (χ3n) is 4.65. The second kappa shape index (κ2) is 10.7. The molecule has 0 aromatic heterocycles. The van der Waals surface area contributed by atoms with Crippen LogP contribution in [0.4, 0.5) is 0 Å². The Morgan fingerprint density at radius 1 is 1.08 bits per heavy atom. The van der Waals surface area contributed by atoms with Crippen LogP contribution in [0.1, 0.15) is 57.4 Å². The molecule has 1 amide bonds. The van der Waals surface area contributed by atoms with E-state index in [-0.39, 0.29) is 23.6 Å². The number of benzene rings is 1. The van der Waals surface area contributed by atoms with Gasteiger partial charge in [0.25, 0.3) is 0 Å². The predicted molar refractivity (Wildman–Crippen MR) is 99.3 cm³/mol. The summed E-state index contributed by atoms with van der Waals surface area (Å²) in [4.78, 5) is 36.6. The molecule has 1 heterocycles. The lowest BCUT2D eigenvalue weighted by atomic mass is 10.1. The second-order valence-corrected chi connectivity index (χ2v) is 7.13. The fourth-order valence-corrected chi connectivity index (χ4v) is 3.20. The quantitative estimate of drug-likeness (QED) is 0.448. The average Bonchev–Trinajstić information content (AvgIpc) is 2.96. The van der Waals surface area contributed by atoms with Crippen molar-refractivity contribution >= 4 is 17.7 Å². The molecule has 26 heavy (non-hydrogen) atoms. The number of nitrogens with zero attached hydrogens (tertiary/aromatic N) is 1. The van der Waals surface area contributed by atoms with Gasteiger partial charge in [-0.05, 0) is 25.3 Å². The van der Waals surface area contributed by atoms with Gasteiger partial charge in [0.2, 0.25) is 5.91 Å². The third-order valence-corrected chi connectivity index (χ3v) is 4.65. The summed E-state index contributed by atoms with van der Waals surface area (Å²) in [6, 6.07) is 9.92. The van der Waals surface area contributed by atoms with E-state index in [1.165, 1.54) is 0 Å². The van der Waals surface area contributed by atoms with Crippen molar-refractivity contribution in [2.24, 2.45) is 5.92 Å². The van der Waals surface area contributed by atoms with Crippen LogP contribution in [0.3, 0.4) is 0 Å². The number of amides is 1. The molecule has 1 fully saturated rings. The standard InChI is InChI=1S/C21H29NO4/c1-17(23)9-5-2-3-8-12-21(25)26-16-19-13-20(24)22(15-19)14-18-10-6-4-7-11-18/h4,6-7,10-11,19H,2-3,5,8-9,12-16H2,1H3/t19-/m1/s1. The van der Waals surface area contributed by atoms with Crippen molar-refractivity contribution in [3.05, 3.63) is 35.9 Å². The van der Waals surface area contributed by atoms with Crippen molar-refractivity contribution in [3.8, 4) is 0 Å². The number of hydrogen-bond acceptors (Lipinski definition) is 4. The normalized spacial score (nSPS) is 16.7. The van der Waals surface area contributed by atoms with Gasteiger partial charge >= 0.3 is 5.97 Å². The van der Waals surface area contributed by atoms with Gasteiger partial charge in [0.15, 0.2) is 0 Å². The second-order valence-electron chi connectivity index (χ2n) is 7.13. The molecule has 0 unspecified atom stereocenters. The van der Waals surface area contributed by atoms with E-state index in [4.69, 9.17) is 4.74 Å². The molecule has 0 N–H and O–H groups in total. The molecular weight excluding hydrogens is 330 g/mol. The van der Waals surface area contributed by atoms with Gasteiger partial charge in [0, 0.05) is 38.3 Å². The number of carbonyl (C=O) groups is 3. The fourth-order valence-electron chi connectivity index (χ4n) is 3.20. The van der Waals surface area contributed by atoms with Gasteiger partial charge in [-0.15, -0.1) is 0 Å². The lowest BCUT2D eigenvalue weighted by Crippen LogP contribution is -2.25. The molecule has 0 saturated carbocycles. The molecule has 142 valence electrons. The Morgan fingerprint density at radius 2 is 1.77 bits per heavy atom. The van der Waals surface area contributed by atoms with Gasteiger partial charge in [-0.25, -0.2) is 0 Å². The number of ketones is 1. The highest BCUT2D eigenvalue weighted by Crippen LogP contribution is 2.20. The third kappa shape index (κ3) is 7.38. The lowest BCUT2D eigenvalue weighted by Gasteiger charge is -2.16. The molecule has 1 aliphatic rings. The largest absolute Gasteiger partial charge is 0.465 e. The van der Waals surface area contributed by atoms with Crippen molar-refractivity contribution in [2.45, 2.75) is 58.4 Å². The van der Waals surface area contributed by atoms with E-state index in [0.717, 1.165) is 31.2 Å². The van der Waals surface area contributed by atoms with Crippen LogP contribution < -0.4 is 0 Å². The summed E-state index contributed by atoms with van der Waals surface area (Å²) in [5.74, 6) is 0.244. The summed E-state index contributed by atoms with van der Waals surface area (Å²) < 4.78 is 5.35. The van der Waals surface area contributed by atoms with Crippen LogP contribution in [0.2, 0.25) is 0 Å². The first kappa shape index (κ1) is 20.1. The molecule has 1 atom stereocenters. The minimum atomic E-state index is -0.189. The molecule has 2 rings (SSSR count). The highest BCUT2D eigenvalue weighted by molar-refractivity contribution is 5.78. The minimum absolute atomic E-state index is 0.0886. The summed E-state index contributed by atoms with van der Waals surface area (Å²) in [7, 11) is 0. The van der Waals surface area contributed by atoms with Crippen molar-refractivity contribution in [2.75, 3.05) is 13.2 Å². The maximum Gasteiger partial charge on any atom is 0.305 e. The zero-order valence-corrected chi connectivity index (χ0v) is 15.6. The molecule has 0 aliphatic carbocycles. The number of rotatable bonds is 11. The van der Waals surface area contributed by atoms with E-state index in [9.17, 15) is 14.4 Å². The summed E-state index contributed by atoms with van der Waals surface area (Å²) in [6.07, 6.45) is 5.08. The molecule has 5 heteroatoms. The van der Waals surface area contributed by atoms with Gasteiger partial charge in [-0.2, -0.15) is 0 Å². The first-order chi connectivity index (χ1) is 12.5. The van der Waals surface area contributed by atoms with E-state index in [2.05, 4.69) is 0 Å². The fraction of sp³-hybridized carbons (Fsp3) is 0.571. The maximum atomic E-state index is 12.1. The number of carbonyl (C=O) groups excluding carboxylic acids is 3. The predicted octanol–water partition coefficient (Wildman–Crippen LogP) is 3.51. The van der Waals surface area contributed by atoms with Crippen LogP contribution in [0.15, 0.2) is 30.3 Å². The van der Waals surface area contributed by atoms with Gasteiger partial charge < -0.3 is 14.4 Å². The van der Waals surface area contributed by atoms with Gasteiger partial charge in [0.05, 0.1) is 6.61 Å². The number of Topliss-reactive ketones (excluding diaryl/α,β-unsaturated/α-hetero) is 1. The van der Waals surface area contributed by atoms with Gasteiger partial charge in [0.1, 0.15) is 5.78 Å². The Labute approximate surface area is 155 Å². The molecule has 0 bridgehead atoms. The number of ether oxygens (including phenoxy) is 1. The number of likely N-dealkylation sites (tertiary alicyclic amines) is 1. The summed E-state index contributed by atoms with van der Waals surface area (Å²) >= 11 is 0. The zero-order chi connectivity index (χ0) is 18.8. The van der Waals surface area contributed by atoms with Crippen LogP contribution in [0.5, 0.6) is 0 Å². The molecule has 0 radical (unpaired) electrons. The highest BCUT2D eigenvalue weighted by atomic mass is 16.5. The average molecular weight is 359 g/mol. The van der Waals surface area contributed by atoms with Crippen LogP contribution in [-0.4, -0.2) is 35.7 Å². The minimum Gasteiger partial charge on any atom is -0.465 e. The highest BCUT2D eigenvalue weighted by Gasteiger charge is 2.30. The number of hydrogen-bond donors (Lipinski definition) is 0. The van der Waals surface area contributed by atoms with E-state index in [1.807, 2.05) is 35.2 Å². The topological polar surface area (TPSA) is 63.7 Å². The number of unbranched alkanes of at least 4 members (excludes halogenated alkanes) is 3. The summed E-state index contributed by atoms with van der Waals surface area (Å²) in [6.45, 7) is 3.18. The van der Waals surface area contributed by atoms with Crippen LogP contribution in [0.25, 0.3) is 0 Å². The van der Waals surface area contributed by atoms with Crippen molar-refractivity contribution in [3.63, 3.8) is 0 Å². The summed E-state index contributed by atoms with van der Waals surface area (Å²) in [5, 5.41) is 0. The smallest absolute Gasteiger partial charge is 0.305 e. The van der Waals surface area contributed by atoms with E-state index in [1.54, 1.807) is 6.92 Å². The Bertz CT molecular complexity index is 599. The number of esters is 1. The molecule has 1 aliphatic heterocycles. The Morgan fingerprint density at radius 3 is 2.46 bits per heavy atom. The first-order valence-electron chi connectivity index (χ1n) is 9.51. The van der Waals surface area contributed by atoms with Crippen molar-refractivity contribution < 1.29 is 19.1 Å². The van der Waals surface area contributed by atoms with Crippen LogP contribution in [0, 0.1) is 5.92 Å². The maximum absolute atomic E-state index is 12.1. The first-order valence-corrected chi connectivity index (χ1v) is 9.51. The molecule has 5 nitrogen and oxygen atoms in total. The zero-order valence-electron chi connectivity index (χ0n) is 15.6. The Balaban J connectivity index is 1.58. The molecule has 1 aromatic rings. The molecule has 0 spiro atoms. The molecular formula is C21H29NO4. The monoisotopic (exact) mass is 359 g/mol. The van der Waals surface area contributed by atoms with Crippen LogP contribution in [-0.2, 0) is 25.7 Å².